The Bertz CT molecular complexity index is 905. The lowest BCUT2D eigenvalue weighted by Gasteiger charge is -2.14. The van der Waals surface area contributed by atoms with Gasteiger partial charge in [0.15, 0.2) is 9.84 Å². The van der Waals surface area contributed by atoms with Gasteiger partial charge in [-0.3, -0.25) is 4.79 Å². The van der Waals surface area contributed by atoms with Crippen molar-refractivity contribution in [1.29, 1.82) is 0 Å². The maximum Gasteiger partial charge on any atom is 0.257 e. The molecule has 1 aromatic heterocycles. The first-order chi connectivity index (χ1) is 11.2. The van der Waals surface area contributed by atoms with Crippen molar-refractivity contribution in [3.63, 3.8) is 0 Å². The van der Waals surface area contributed by atoms with E-state index in [-0.39, 0.29) is 23.1 Å². The van der Waals surface area contributed by atoms with Gasteiger partial charge in [0, 0.05) is 11.6 Å². The normalized spacial score (nSPS) is 19.4. The minimum absolute atomic E-state index is 0.00990. The van der Waals surface area contributed by atoms with E-state index < -0.39 is 21.6 Å². The van der Waals surface area contributed by atoms with Crippen molar-refractivity contribution in [1.82, 2.24) is 9.78 Å². The van der Waals surface area contributed by atoms with Gasteiger partial charge in [-0.2, -0.15) is 5.10 Å². The molecule has 1 atom stereocenters. The van der Waals surface area contributed by atoms with Crippen molar-refractivity contribution in [3.8, 4) is 0 Å². The van der Waals surface area contributed by atoms with Crippen molar-refractivity contribution in [2.45, 2.75) is 26.3 Å². The second-order valence-corrected chi connectivity index (χ2v) is 8.31. The van der Waals surface area contributed by atoms with Gasteiger partial charge >= 0.3 is 0 Å². The van der Waals surface area contributed by atoms with Crippen molar-refractivity contribution >= 4 is 21.6 Å². The van der Waals surface area contributed by atoms with Gasteiger partial charge in [-0.05, 0) is 38.0 Å². The van der Waals surface area contributed by atoms with Crippen LogP contribution in [0.5, 0.6) is 0 Å². The molecule has 1 N–H and O–H groups in total. The summed E-state index contributed by atoms with van der Waals surface area (Å²) in [6, 6.07) is 5.39. The molecule has 0 bridgehead atoms. The molecular weight excluding hydrogens is 333 g/mol. The molecule has 0 saturated carbocycles. The summed E-state index contributed by atoms with van der Waals surface area (Å²) in [7, 11) is -3.07. The van der Waals surface area contributed by atoms with Crippen LogP contribution in [0.3, 0.4) is 0 Å². The largest absolute Gasteiger partial charge is 0.307 e. The molecule has 6 nitrogen and oxygen atoms in total. The molecule has 1 saturated heterocycles. The number of aryl methyl sites for hydroxylation is 2. The Morgan fingerprint density at radius 3 is 2.75 bits per heavy atom. The zero-order valence-corrected chi connectivity index (χ0v) is 14.2. The fourth-order valence-corrected chi connectivity index (χ4v) is 4.57. The number of nitrogens with zero attached hydrogens (tertiary/aromatic N) is 2. The molecule has 3 rings (SSSR count). The van der Waals surface area contributed by atoms with Gasteiger partial charge in [0.05, 0.1) is 23.2 Å². The molecule has 1 fully saturated rings. The molecule has 0 radical (unpaired) electrons. The van der Waals surface area contributed by atoms with Crippen LogP contribution >= 0.6 is 0 Å². The standard InChI is InChI=1S/C16H18FN3O3S/c1-10-3-4-12(17)8-14(10)16(21)18-15-7-11(2)19-20(15)13-5-6-24(22,23)9-13/h3-4,7-8,13H,5-6,9H2,1-2H3,(H,18,21). The highest BCUT2D eigenvalue weighted by molar-refractivity contribution is 7.91. The predicted octanol–water partition coefficient (Wildman–Crippen LogP) is 2.25. The number of aromatic nitrogens is 2. The van der Waals surface area contributed by atoms with Crippen LogP contribution in [0.1, 0.15) is 34.1 Å². The molecule has 1 unspecified atom stereocenters. The highest BCUT2D eigenvalue weighted by Crippen LogP contribution is 2.27. The maximum absolute atomic E-state index is 13.4. The Balaban J connectivity index is 1.88. The number of hydrogen-bond donors (Lipinski definition) is 1. The van der Waals surface area contributed by atoms with Crippen LogP contribution in [0.4, 0.5) is 10.2 Å². The Hall–Kier alpha value is -2.22. The summed E-state index contributed by atoms with van der Waals surface area (Å²) in [5.41, 5.74) is 1.56. The molecule has 8 heteroatoms. The van der Waals surface area contributed by atoms with Crippen LogP contribution in [0.2, 0.25) is 0 Å². The molecule has 0 aliphatic carbocycles. The van der Waals surface area contributed by atoms with Gasteiger partial charge in [-0.15, -0.1) is 0 Å². The average molecular weight is 351 g/mol. The van der Waals surface area contributed by atoms with Crippen LogP contribution in [0.15, 0.2) is 24.3 Å². The third-order valence-electron chi connectivity index (χ3n) is 4.10. The lowest BCUT2D eigenvalue weighted by Crippen LogP contribution is -2.20. The van der Waals surface area contributed by atoms with Crippen LogP contribution in [0.25, 0.3) is 0 Å². The average Bonchev–Trinajstić information content (AvgIpc) is 3.03. The molecule has 2 aromatic rings. The molecule has 128 valence electrons. The summed E-state index contributed by atoms with van der Waals surface area (Å²) in [4.78, 5) is 12.5. The maximum atomic E-state index is 13.4. The monoisotopic (exact) mass is 351 g/mol. The first-order valence-electron chi connectivity index (χ1n) is 7.59. The zero-order chi connectivity index (χ0) is 17.5. The van der Waals surface area contributed by atoms with Gasteiger partial charge in [0.2, 0.25) is 0 Å². The van der Waals surface area contributed by atoms with Crippen molar-refractivity contribution in [2.75, 3.05) is 16.8 Å². The highest BCUT2D eigenvalue weighted by atomic mass is 32.2. The van der Waals surface area contributed by atoms with E-state index in [4.69, 9.17) is 0 Å². The predicted molar refractivity (Wildman–Crippen MR) is 88.4 cm³/mol. The summed E-state index contributed by atoms with van der Waals surface area (Å²) in [5, 5.41) is 7.03. The van der Waals surface area contributed by atoms with E-state index in [1.807, 2.05) is 0 Å². The highest BCUT2D eigenvalue weighted by Gasteiger charge is 2.31. The lowest BCUT2D eigenvalue weighted by atomic mass is 10.1. The quantitative estimate of drug-likeness (QED) is 0.920. The van der Waals surface area contributed by atoms with Crippen LogP contribution in [-0.4, -0.2) is 35.6 Å². The number of carbonyl (C=O) groups is 1. The van der Waals surface area contributed by atoms with E-state index >= 15 is 0 Å². The minimum atomic E-state index is -3.07. The zero-order valence-electron chi connectivity index (χ0n) is 13.4. The SMILES string of the molecule is Cc1cc(NC(=O)c2cc(F)ccc2C)n(C2CCS(=O)(=O)C2)n1. The van der Waals surface area contributed by atoms with Crippen molar-refractivity contribution < 1.29 is 17.6 Å². The summed E-state index contributed by atoms with van der Waals surface area (Å²) < 4.78 is 38.3. The molecular formula is C16H18FN3O3S. The summed E-state index contributed by atoms with van der Waals surface area (Å²) in [6.45, 7) is 3.49. The Kier molecular flexibility index (Phi) is 4.16. The smallest absolute Gasteiger partial charge is 0.257 e. The number of carbonyl (C=O) groups excluding carboxylic acids is 1. The first-order valence-corrected chi connectivity index (χ1v) is 9.41. The van der Waals surface area contributed by atoms with Gasteiger partial charge in [0.25, 0.3) is 5.91 Å². The number of nitrogens with one attached hydrogen (secondary N) is 1. The molecule has 1 amide bonds. The number of sulfone groups is 1. The second kappa shape index (κ2) is 6.01. The van der Waals surface area contributed by atoms with Crippen molar-refractivity contribution in [3.05, 3.63) is 46.9 Å². The Morgan fingerprint density at radius 2 is 2.08 bits per heavy atom. The number of anilines is 1. The van der Waals surface area contributed by atoms with Crippen LogP contribution < -0.4 is 5.32 Å². The first kappa shape index (κ1) is 16.6. The van der Waals surface area contributed by atoms with Crippen LogP contribution in [-0.2, 0) is 9.84 Å². The second-order valence-electron chi connectivity index (χ2n) is 6.09. The molecule has 1 aromatic carbocycles. The van der Waals surface area contributed by atoms with E-state index in [1.54, 1.807) is 24.6 Å². The number of benzene rings is 1. The van der Waals surface area contributed by atoms with E-state index in [9.17, 15) is 17.6 Å². The fraction of sp³-hybridized carbons (Fsp3) is 0.375. The summed E-state index contributed by atoms with van der Waals surface area (Å²) in [6.07, 6.45) is 0.464. The molecule has 0 spiro atoms. The topological polar surface area (TPSA) is 81.1 Å². The molecule has 24 heavy (non-hydrogen) atoms. The summed E-state index contributed by atoms with van der Waals surface area (Å²) in [5.74, 6) is -0.391. The number of amides is 1. The van der Waals surface area contributed by atoms with Gasteiger partial charge < -0.3 is 5.32 Å². The van der Waals surface area contributed by atoms with E-state index in [1.165, 1.54) is 18.2 Å². The van der Waals surface area contributed by atoms with Crippen LogP contribution in [0, 0.1) is 19.7 Å². The summed E-state index contributed by atoms with van der Waals surface area (Å²) >= 11 is 0. The third-order valence-corrected chi connectivity index (χ3v) is 5.85. The lowest BCUT2D eigenvalue weighted by molar-refractivity contribution is 0.102. The molecule has 1 aliphatic heterocycles. The molecule has 2 heterocycles. The van der Waals surface area contributed by atoms with Gasteiger partial charge in [0.1, 0.15) is 11.6 Å². The van der Waals surface area contributed by atoms with Gasteiger partial charge in [-0.1, -0.05) is 6.07 Å². The van der Waals surface area contributed by atoms with E-state index in [2.05, 4.69) is 10.4 Å². The van der Waals surface area contributed by atoms with Crippen molar-refractivity contribution in [2.24, 2.45) is 0 Å². The Morgan fingerprint density at radius 1 is 1.33 bits per heavy atom. The van der Waals surface area contributed by atoms with E-state index in [0.717, 1.165) is 0 Å². The van der Waals surface area contributed by atoms with Gasteiger partial charge in [-0.25, -0.2) is 17.5 Å². The molecule has 1 aliphatic rings. The minimum Gasteiger partial charge on any atom is -0.307 e. The fourth-order valence-electron chi connectivity index (χ4n) is 2.88. The number of rotatable bonds is 3. The Labute approximate surface area is 139 Å². The number of halogens is 1. The third kappa shape index (κ3) is 3.33. The number of hydrogen-bond acceptors (Lipinski definition) is 4. The van der Waals surface area contributed by atoms with E-state index in [0.29, 0.717) is 23.5 Å².